The average Bonchev–Trinajstić information content (AvgIpc) is 2.21. The van der Waals surface area contributed by atoms with Crippen LogP contribution in [0, 0.1) is 0 Å². The Morgan fingerprint density at radius 1 is 1.31 bits per heavy atom. The molecule has 0 fully saturated rings. The lowest BCUT2D eigenvalue weighted by atomic mass is 10.2. The summed E-state index contributed by atoms with van der Waals surface area (Å²) < 4.78 is 0. The first-order chi connectivity index (χ1) is 6.36. The van der Waals surface area contributed by atoms with Gasteiger partial charge in [-0.1, -0.05) is 43.3 Å². The second kappa shape index (κ2) is 5.31. The smallest absolute Gasteiger partial charge is 0.0342 e. The van der Waals surface area contributed by atoms with Crippen molar-refractivity contribution in [1.29, 1.82) is 0 Å². The summed E-state index contributed by atoms with van der Waals surface area (Å²) in [5, 5.41) is 0. The molecular formula is C12H15N. The zero-order chi connectivity index (χ0) is 9.52. The minimum atomic E-state index is 0.986. The minimum absolute atomic E-state index is 0.986. The van der Waals surface area contributed by atoms with E-state index in [4.69, 9.17) is 0 Å². The van der Waals surface area contributed by atoms with Crippen molar-refractivity contribution in [2.75, 3.05) is 7.05 Å². The van der Waals surface area contributed by atoms with Gasteiger partial charge in [0, 0.05) is 12.8 Å². The standard InChI is InChI=1S/C12H15N/c1-3-12(13-2)10-9-11-7-5-4-6-8-11/h4-10H,3H2,1-2H3/b10-9+,13-12?. The first-order valence-electron chi connectivity index (χ1n) is 4.55. The van der Waals surface area contributed by atoms with Gasteiger partial charge >= 0.3 is 0 Å². The molecule has 0 heterocycles. The first-order valence-corrected chi connectivity index (χ1v) is 4.55. The van der Waals surface area contributed by atoms with E-state index in [9.17, 15) is 0 Å². The third-order valence-corrected chi connectivity index (χ3v) is 1.92. The summed E-state index contributed by atoms with van der Waals surface area (Å²) in [6.45, 7) is 2.11. The monoisotopic (exact) mass is 173 g/mol. The lowest BCUT2D eigenvalue weighted by Crippen LogP contribution is -1.88. The Balaban J connectivity index is 2.69. The fraction of sp³-hybridized carbons (Fsp3) is 0.250. The number of aliphatic imine (C=N–C) groups is 1. The minimum Gasteiger partial charge on any atom is -0.293 e. The number of hydrogen-bond acceptors (Lipinski definition) is 1. The average molecular weight is 173 g/mol. The van der Waals surface area contributed by atoms with Gasteiger partial charge in [0.1, 0.15) is 0 Å². The summed E-state index contributed by atoms with van der Waals surface area (Å²) in [4.78, 5) is 4.15. The molecule has 1 rings (SSSR count). The Kier molecular flexibility index (Phi) is 3.97. The summed E-state index contributed by atoms with van der Waals surface area (Å²) in [6.07, 6.45) is 5.14. The van der Waals surface area contributed by atoms with E-state index in [1.165, 1.54) is 5.56 Å². The predicted molar refractivity (Wildman–Crippen MR) is 59.1 cm³/mol. The van der Waals surface area contributed by atoms with Crippen LogP contribution in [0.3, 0.4) is 0 Å². The van der Waals surface area contributed by atoms with Gasteiger partial charge in [-0.05, 0) is 18.1 Å². The van der Waals surface area contributed by atoms with Crippen molar-refractivity contribution in [2.45, 2.75) is 13.3 Å². The third kappa shape index (κ3) is 3.24. The molecule has 0 unspecified atom stereocenters. The molecule has 68 valence electrons. The molecule has 0 bridgehead atoms. The van der Waals surface area contributed by atoms with Crippen LogP contribution >= 0.6 is 0 Å². The van der Waals surface area contributed by atoms with Crippen molar-refractivity contribution in [1.82, 2.24) is 0 Å². The zero-order valence-corrected chi connectivity index (χ0v) is 8.20. The van der Waals surface area contributed by atoms with Crippen molar-refractivity contribution < 1.29 is 0 Å². The van der Waals surface area contributed by atoms with Gasteiger partial charge in [-0.25, -0.2) is 0 Å². The van der Waals surface area contributed by atoms with Crippen molar-refractivity contribution in [3.63, 3.8) is 0 Å². The van der Waals surface area contributed by atoms with Crippen molar-refractivity contribution in [3.05, 3.63) is 42.0 Å². The molecule has 0 aliphatic rings. The highest BCUT2D eigenvalue weighted by Gasteiger charge is 1.87. The highest BCUT2D eigenvalue weighted by Crippen LogP contribution is 2.01. The van der Waals surface area contributed by atoms with E-state index in [1.807, 2.05) is 25.2 Å². The van der Waals surface area contributed by atoms with E-state index in [1.54, 1.807) is 0 Å². The second-order valence-electron chi connectivity index (χ2n) is 2.81. The predicted octanol–water partition coefficient (Wildman–Crippen LogP) is 3.18. The molecule has 1 aromatic carbocycles. The Morgan fingerprint density at radius 3 is 2.54 bits per heavy atom. The molecule has 0 radical (unpaired) electrons. The number of hydrogen-bond donors (Lipinski definition) is 0. The Morgan fingerprint density at radius 2 is 2.00 bits per heavy atom. The Labute approximate surface area is 79.8 Å². The summed E-state index contributed by atoms with van der Waals surface area (Å²) >= 11 is 0. The molecule has 0 atom stereocenters. The molecule has 13 heavy (non-hydrogen) atoms. The molecule has 0 amide bonds. The summed E-state index contributed by atoms with van der Waals surface area (Å²) in [5.41, 5.74) is 2.35. The Bertz CT molecular complexity index is 296. The van der Waals surface area contributed by atoms with Crippen LogP contribution in [-0.2, 0) is 0 Å². The summed E-state index contributed by atoms with van der Waals surface area (Å²) in [6, 6.07) is 10.3. The Hall–Kier alpha value is -1.37. The van der Waals surface area contributed by atoms with Gasteiger partial charge in [-0.15, -0.1) is 0 Å². The maximum absolute atomic E-state index is 4.15. The molecule has 0 aliphatic heterocycles. The van der Waals surface area contributed by atoms with Crippen LogP contribution in [0.1, 0.15) is 18.9 Å². The van der Waals surface area contributed by atoms with Crippen molar-refractivity contribution >= 4 is 11.8 Å². The lowest BCUT2D eigenvalue weighted by molar-refractivity contribution is 1.26. The molecule has 1 heteroatoms. The zero-order valence-electron chi connectivity index (χ0n) is 8.20. The largest absolute Gasteiger partial charge is 0.293 e. The quantitative estimate of drug-likeness (QED) is 0.622. The van der Waals surface area contributed by atoms with E-state index < -0.39 is 0 Å². The molecule has 0 saturated carbocycles. The van der Waals surface area contributed by atoms with E-state index in [0.717, 1.165) is 12.1 Å². The molecule has 1 aromatic rings. The van der Waals surface area contributed by atoms with Gasteiger partial charge in [0.2, 0.25) is 0 Å². The van der Waals surface area contributed by atoms with E-state index in [-0.39, 0.29) is 0 Å². The number of benzene rings is 1. The van der Waals surface area contributed by atoms with Crippen molar-refractivity contribution in [2.24, 2.45) is 4.99 Å². The van der Waals surface area contributed by atoms with Gasteiger partial charge in [0.15, 0.2) is 0 Å². The summed E-state index contributed by atoms with van der Waals surface area (Å²) in [5.74, 6) is 0. The SMILES string of the molecule is CCC(/C=C/c1ccccc1)=NC. The molecular weight excluding hydrogens is 158 g/mol. The maximum atomic E-state index is 4.15. The van der Waals surface area contributed by atoms with Crippen molar-refractivity contribution in [3.8, 4) is 0 Å². The van der Waals surface area contributed by atoms with Gasteiger partial charge in [-0.2, -0.15) is 0 Å². The lowest BCUT2D eigenvalue weighted by Gasteiger charge is -1.93. The maximum Gasteiger partial charge on any atom is 0.0342 e. The van der Waals surface area contributed by atoms with E-state index >= 15 is 0 Å². The van der Waals surface area contributed by atoms with Crippen LogP contribution in [-0.4, -0.2) is 12.8 Å². The fourth-order valence-corrected chi connectivity index (χ4v) is 1.11. The van der Waals surface area contributed by atoms with Crippen LogP contribution in [0.15, 0.2) is 41.4 Å². The highest BCUT2D eigenvalue weighted by molar-refractivity contribution is 5.97. The normalized spacial score (nSPS) is 12.3. The van der Waals surface area contributed by atoms with E-state index in [2.05, 4.69) is 36.2 Å². The number of rotatable bonds is 3. The third-order valence-electron chi connectivity index (χ3n) is 1.92. The van der Waals surface area contributed by atoms with Crippen LogP contribution in [0.5, 0.6) is 0 Å². The number of allylic oxidation sites excluding steroid dienone is 1. The highest BCUT2D eigenvalue weighted by atomic mass is 14.7. The van der Waals surface area contributed by atoms with Crippen LogP contribution in [0.2, 0.25) is 0 Å². The van der Waals surface area contributed by atoms with E-state index in [0.29, 0.717) is 0 Å². The number of nitrogens with zero attached hydrogens (tertiary/aromatic N) is 1. The first kappa shape index (κ1) is 9.72. The topological polar surface area (TPSA) is 12.4 Å². The molecule has 1 nitrogen and oxygen atoms in total. The van der Waals surface area contributed by atoms with Gasteiger partial charge in [0.25, 0.3) is 0 Å². The summed E-state index contributed by atoms with van der Waals surface area (Å²) in [7, 11) is 1.83. The van der Waals surface area contributed by atoms with Crippen LogP contribution in [0.25, 0.3) is 6.08 Å². The van der Waals surface area contributed by atoms with Gasteiger partial charge < -0.3 is 0 Å². The van der Waals surface area contributed by atoms with Crippen LogP contribution in [0.4, 0.5) is 0 Å². The molecule has 0 aliphatic carbocycles. The fourth-order valence-electron chi connectivity index (χ4n) is 1.11. The molecule has 0 N–H and O–H groups in total. The molecule has 0 spiro atoms. The van der Waals surface area contributed by atoms with Gasteiger partial charge in [0.05, 0.1) is 0 Å². The second-order valence-corrected chi connectivity index (χ2v) is 2.81. The van der Waals surface area contributed by atoms with Crippen LogP contribution < -0.4 is 0 Å². The van der Waals surface area contributed by atoms with Gasteiger partial charge in [-0.3, -0.25) is 4.99 Å². The molecule has 0 saturated heterocycles. The molecule has 0 aromatic heterocycles.